The van der Waals surface area contributed by atoms with Gasteiger partial charge in [-0.05, 0) is 55.5 Å². The van der Waals surface area contributed by atoms with Crippen LogP contribution in [0.2, 0.25) is 0 Å². The number of aromatic amines is 1. The highest BCUT2D eigenvalue weighted by Gasteiger charge is 2.16. The first-order valence-electron chi connectivity index (χ1n) is 8.96. The van der Waals surface area contributed by atoms with Crippen LogP contribution in [-0.4, -0.2) is 27.1 Å². The Balaban J connectivity index is 1.67. The minimum atomic E-state index is -0.420. The highest BCUT2D eigenvalue weighted by atomic mass is 19.1. The molecule has 4 aromatic rings. The SMILES string of the molecule is CCOc1ccc(NC(=O)c2c[nH]n3c(=O)cc(-c4ccc(F)cc4)nc23)cc1. The van der Waals surface area contributed by atoms with Crippen LogP contribution in [0, 0.1) is 5.82 Å². The molecule has 2 heterocycles. The average molecular weight is 392 g/mol. The van der Waals surface area contributed by atoms with Crippen LogP contribution in [-0.2, 0) is 0 Å². The Morgan fingerprint density at radius 1 is 1.17 bits per heavy atom. The number of rotatable bonds is 5. The van der Waals surface area contributed by atoms with Gasteiger partial charge in [0.05, 0.1) is 12.3 Å². The van der Waals surface area contributed by atoms with Crippen molar-refractivity contribution in [3.8, 4) is 17.0 Å². The number of nitrogens with zero attached hydrogens (tertiary/aromatic N) is 2. The molecular formula is C21H17FN4O3. The van der Waals surface area contributed by atoms with Gasteiger partial charge in [0.2, 0.25) is 0 Å². The first-order valence-corrected chi connectivity index (χ1v) is 8.96. The summed E-state index contributed by atoms with van der Waals surface area (Å²) in [6, 6.07) is 13.9. The van der Waals surface area contributed by atoms with Crippen molar-refractivity contribution < 1.29 is 13.9 Å². The average Bonchev–Trinajstić information content (AvgIpc) is 3.15. The van der Waals surface area contributed by atoms with Crippen LogP contribution in [0.15, 0.2) is 65.6 Å². The van der Waals surface area contributed by atoms with Crippen molar-refractivity contribution in [2.45, 2.75) is 6.92 Å². The molecule has 2 aromatic carbocycles. The maximum absolute atomic E-state index is 13.2. The molecule has 4 rings (SSSR count). The summed E-state index contributed by atoms with van der Waals surface area (Å²) in [5, 5.41) is 5.51. The number of nitrogens with one attached hydrogen (secondary N) is 2. The standard InChI is InChI=1S/C21H17FN4O3/c1-2-29-16-9-7-15(8-10-16)24-21(28)17-12-23-26-19(27)11-18(25-20(17)26)13-3-5-14(22)6-4-13/h3-12,23H,2H2,1H3,(H,24,28). The van der Waals surface area contributed by atoms with E-state index in [0.29, 0.717) is 29.3 Å². The third kappa shape index (κ3) is 3.73. The summed E-state index contributed by atoms with van der Waals surface area (Å²) in [7, 11) is 0. The number of halogens is 1. The number of hydrogen-bond donors (Lipinski definition) is 2. The molecule has 0 radical (unpaired) electrons. The Bertz CT molecular complexity index is 1230. The number of H-pyrrole nitrogens is 1. The van der Waals surface area contributed by atoms with Gasteiger partial charge >= 0.3 is 0 Å². The van der Waals surface area contributed by atoms with Crippen LogP contribution < -0.4 is 15.6 Å². The third-order valence-corrected chi connectivity index (χ3v) is 4.31. The lowest BCUT2D eigenvalue weighted by Gasteiger charge is -2.07. The van der Waals surface area contributed by atoms with Crippen LogP contribution in [0.4, 0.5) is 10.1 Å². The zero-order valence-electron chi connectivity index (χ0n) is 15.5. The second-order valence-corrected chi connectivity index (χ2v) is 6.24. The van der Waals surface area contributed by atoms with Crippen molar-refractivity contribution in [1.82, 2.24) is 14.6 Å². The molecule has 8 heteroatoms. The van der Waals surface area contributed by atoms with E-state index in [1.807, 2.05) is 6.92 Å². The van der Waals surface area contributed by atoms with Crippen LogP contribution in [0.3, 0.4) is 0 Å². The molecule has 146 valence electrons. The molecule has 0 aliphatic carbocycles. The fourth-order valence-electron chi connectivity index (χ4n) is 2.92. The molecule has 0 atom stereocenters. The molecule has 0 unspecified atom stereocenters. The Kier molecular flexibility index (Phi) is 4.82. The van der Waals surface area contributed by atoms with Gasteiger partial charge in [-0.25, -0.2) is 13.9 Å². The number of amides is 1. The first kappa shape index (κ1) is 18.4. The number of benzene rings is 2. The molecule has 0 fully saturated rings. The van der Waals surface area contributed by atoms with Gasteiger partial charge in [-0.3, -0.25) is 14.7 Å². The van der Waals surface area contributed by atoms with Gasteiger partial charge in [-0.2, -0.15) is 0 Å². The van der Waals surface area contributed by atoms with Crippen molar-refractivity contribution in [3.05, 3.63) is 82.5 Å². The van der Waals surface area contributed by atoms with Gasteiger partial charge in [0, 0.05) is 23.5 Å². The van der Waals surface area contributed by atoms with Crippen molar-refractivity contribution in [2.24, 2.45) is 0 Å². The van der Waals surface area contributed by atoms with E-state index in [1.54, 1.807) is 24.3 Å². The number of fused-ring (bicyclic) bond motifs is 1. The molecule has 29 heavy (non-hydrogen) atoms. The summed E-state index contributed by atoms with van der Waals surface area (Å²) in [5.74, 6) is -0.102. The van der Waals surface area contributed by atoms with E-state index >= 15 is 0 Å². The van der Waals surface area contributed by atoms with Crippen LogP contribution in [0.5, 0.6) is 5.75 Å². The zero-order chi connectivity index (χ0) is 20.4. The minimum absolute atomic E-state index is 0.181. The van der Waals surface area contributed by atoms with Crippen LogP contribution >= 0.6 is 0 Å². The Labute approximate surface area is 164 Å². The fourth-order valence-corrected chi connectivity index (χ4v) is 2.92. The normalized spacial score (nSPS) is 10.8. The van der Waals surface area contributed by atoms with E-state index in [-0.39, 0.29) is 22.6 Å². The topological polar surface area (TPSA) is 88.5 Å². The molecular weight excluding hydrogens is 375 g/mol. The first-order chi connectivity index (χ1) is 14.0. The predicted molar refractivity (Wildman–Crippen MR) is 107 cm³/mol. The molecule has 2 N–H and O–H groups in total. The lowest BCUT2D eigenvalue weighted by atomic mass is 10.1. The van der Waals surface area contributed by atoms with Crippen molar-refractivity contribution >= 4 is 17.2 Å². The van der Waals surface area contributed by atoms with Gasteiger partial charge < -0.3 is 10.1 Å². The van der Waals surface area contributed by atoms with E-state index in [9.17, 15) is 14.0 Å². The molecule has 0 spiro atoms. The minimum Gasteiger partial charge on any atom is -0.494 e. The van der Waals surface area contributed by atoms with Gasteiger partial charge in [0.1, 0.15) is 17.1 Å². The Morgan fingerprint density at radius 3 is 2.59 bits per heavy atom. The third-order valence-electron chi connectivity index (χ3n) is 4.31. The largest absolute Gasteiger partial charge is 0.494 e. The quantitative estimate of drug-likeness (QED) is 0.544. The molecule has 0 saturated carbocycles. The number of hydrogen-bond acceptors (Lipinski definition) is 4. The number of carbonyl (C=O) groups excluding carboxylic acids is 1. The second-order valence-electron chi connectivity index (χ2n) is 6.24. The molecule has 0 saturated heterocycles. The lowest BCUT2D eigenvalue weighted by Crippen LogP contribution is -2.16. The molecule has 7 nitrogen and oxygen atoms in total. The number of carbonyl (C=O) groups is 1. The monoisotopic (exact) mass is 392 g/mol. The van der Waals surface area contributed by atoms with Crippen molar-refractivity contribution in [3.63, 3.8) is 0 Å². The highest BCUT2D eigenvalue weighted by molar-refractivity contribution is 6.08. The number of aromatic nitrogens is 3. The van der Waals surface area contributed by atoms with E-state index in [0.717, 1.165) is 0 Å². The van der Waals surface area contributed by atoms with Gasteiger partial charge in [0.15, 0.2) is 5.65 Å². The summed E-state index contributed by atoms with van der Waals surface area (Å²) < 4.78 is 19.7. The molecule has 0 aliphatic rings. The Hall–Kier alpha value is -3.94. The van der Waals surface area contributed by atoms with E-state index < -0.39 is 5.91 Å². The summed E-state index contributed by atoms with van der Waals surface area (Å²) in [6.45, 7) is 2.44. The van der Waals surface area contributed by atoms with Crippen molar-refractivity contribution in [2.75, 3.05) is 11.9 Å². The summed E-state index contributed by atoms with van der Waals surface area (Å²) in [4.78, 5) is 29.6. The Morgan fingerprint density at radius 2 is 1.90 bits per heavy atom. The predicted octanol–water partition coefficient (Wildman–Crippen LogP) is 3.48. The van der Waals surface area contributed by atoms with Gasteiger partial charge in [-0.1, -0.05) is 0 Å². The molecule has 1 amide bonds. The van der Waals surface area contributed by atoms with Crippen LogP contribution in [0.25, 0.3) is 16.9 Å². The molecule has 2 aromatic heterocycles. The van der Waals surface area contributed by atoms with Gasteiger partial charge in [0.25, 0.3) is 11.5 Å². The second kappa shape index (κ2) is 7.59. The summed E-state index contributed by atoms with van der Waals surface area (Å²) in [5.41, 5.74) is 1.51. The van der Waals surface area contributed by atoms with Crippen LogP contribution in [0.1, 0.15) is 17.3 Å². The molecule has 0 bridgehead atoms. The fraction of sp³-hybridized carbons (Fsp3) is 0.0952. The molecule has 0 aliphatic heterocycles. The lowest BCUT2D eigenvalue weighted by molar-refractivity contribution is 0.102. The van der Waals surface area contributed by atoms with E-state index in [2.05, 4.69) is 15.4 Å². The maximum Gasteiger partial charge on any atom is 0.273 e. The number of ether oxygens (including phenoxy) is 1. The zero-order valence-corrected chi connectivity index (χ0v) is 15.5. The summed E-state index contributed by atoms with van der Waals surface area (Å²) in [6.07, 6.45) is 1.42. The highest BCUT2D eigenvalue weighted by Crippen LogP contribution is 2.20. The summed E-state index contributed by atoms with van der Waals surface area (Å²) >= 11 is 0. The van der Waals surface area contributed by atoms with Gasteiger partial charge in [-0.15, -0.1) is 0 Å². The van der Waals surface area contributed by atoms with E-state index in [1.165, 1.54) is 41.0 Å². The van der Waals surface area contributed by atoms with Crippen molar-refractivity contribution in [1.29, 1.82) is 0 Å². The number of anilines is 1. The smallest absolute Gasteiger partial charge is 0.273 e. The maximum atomic E-state index is 13.2. The van der Waals surface area contributed by atoms with E-state index in [4.69, 9.17) is 4.74 Å².